The van der Waals surface area contributed by atoms with E-state index in [2.05, 4.69) is 20.5 Å². The fraction of sp³-hybridized carbons (Fsp3) is 0.0526. The molecule has 0 spiro atoms. The molecular weight excluding hydrogens is 332 g/mol. The highest BCUT2D eigenvalue weighted by molar-refractivity contribution is 6.04. The molecule has 2 aromatic carbocycles. The predicted molar refractivity (Wildman–Crippen MR) is 97.0 cm³/mol. The van der Waals surface area contributed by atoms with Crippen LogP contribution in [0, 0.1) is 6.92 Å². The van der Waals surface area contributed by atoms with Crippen LogP contribution in [0.25, 0.3) is 22.2 Å². The third kappa shape index (κ3) is 2.98. The number of nitrogens with one attached hydrogen (secondary N) is 2. The average Bonchev–Trinajstić information content (AvgIpc) is 3.08. The highest BCUT2D eigenvalue weighted by Crippen LogP contribution is 2.20. The maximum absolute atomic E-state index is 12.5. The Kier molecular flexibility index (Phi) is 3.81. The van der Waals surface area contributed by atoms with Crippen LogP contribution in [-0.2, 0) is 0 Å². The van der Waals surface area contributed by atoms with Gasteiger partial charge in [-0.25, -0.2) is 9.78 Å². The first kappa shape index (κ1) is 15.8. The van der Waals surface area contributed by atoms with E-state index >= 15 is 0 Å². The van der Waals surface area contributed by atoms with Gasteiger partial charge in [-0.3, -0.25) is 9.89 Å². The summed E-state index contributed by atoms with van der Waals surface area (Å²) in [6.45, 7) is 1.81. The molecule has 0 unspecified atom stereocenters. The second kappa shape index (κ2) is 6.29. The number of aromatic amines is 1. The van der Waals surface area contributed by atoms with E-state index in [-0.39, 0.29) is 5.76 Å². The van der Waals surface area contributed by atoms with Gasteiger partial charge in [0.05, 0.1) is 5.39 Å². The number of hydrogen-bond donors (Lipinski definition) is 2. The molecule has 4 aromatic rings. The first-order valence-corrected chi connectivity index (χ1v) is 7.94. The summed E-state index contributed by atoms with van der Waals surface area (Å²) in [5.74, 6) is 0.687. The van der Waals surface area contributed by atoms with Gasteiger partial charge in [0, 0.05) is 11.3 Å². The topological polar surface area (TPSA) is 101 Å². The first-order chi connectivity index (χ1) is 12.6. The lowest BCUT2D eigenvalue weighted by atomic mass is 10.1. The number of amides is 1. The minimum absolute atomic E-state index is 0.0483. The van der Waals surface area contributed by atoms with Crippen LogP contribution in [0.1, 0.15) is 16.4 Å². The number of hydrogen-bond acceptors (Lipinski definition) is 5. The Labute approximate surface area is 147 Å². The molecule has 0 radical (unpaired) electrons. The van der Waals surface area contributed by atoms with Crippen LogP contribution >= 0.6 is 0 Å². The van der Waals surface area contributed by atoms with Gasteiger partial charge in [-0.2, -0.15) is 5.10 Å². The quantitative estimate of drug-likeness (QED) is 0.593. The molecule has 0 fully saturated rings. The standard InChI is InChI=1S/C19H14N4O3/c1-11-20-17(23-22-11)13-6-4-7-14(9-13)21-18(24)16-10-12-5-2-3-8-15(12)19(25)26-16/h2-10H,1H3,(H,21,24)(H,20,22,23). The predicted octanol–water partition coefficient (Wildman–Crippen LogP) is 3.14. The van der Waals surface area contributed by atoms with E-state index < -0.39 is 11.5 Å². The largest absolute Gasteiger partial charge is 0.417 e. The average molecular weight is 346 g/mol. The van der Waals surface area contributed by atoms with Crippen molar-refractivity contribution in [1.82, 2.24) is 15.2 Å². The molecule has 1 amide bonds. The minimum atomic E-state index is -0.543. The Bertz CT molecular complexity index is 1180. The van der Waals surface area contributed by atoms with Gasteiger partial charge in [-0.1, -0.05) is 30.3 Å². The number of fused-ring (bicyclic) bond motifs is 1. The van der Waals surface area contributed by atoms with Gasteiger partial charge in [-0.05, 0) is 36.6 Å². The zero-order valence-electron chi connectivity index (χ0n) is 13.8. The van der Waals surface area contributed by atoms with Crippen LogP contribution in [0.4, 0.5) is 5.69 Å². The van der Waals surface area contributed by atoms with Crippen LogP contribution in [0.3, 0.4) is 0 Å². The van der Waals surface area contributed by atoms with Crippen LogP contribution in [-0.4, -0.2) is 21.1 Å². The van der Waals surface area contributed by atoms with Gasteiger partial charge >= 0.3 is 5.63 Å². The highest BCUT2D eigenvalue weighted by atomic mass is 16.4. The molecular formula is C19H14N4O3. The number of carbonyl (C=O) groups excluding carboxylic acids is 1. The number of rotatable bonds is 3. The molecule has 2 aromatic heterocycles. The molecule has 0 atom stereocenters. The Hall–Kier alpha value is -3.74. The van der Waals surface area contributed by atoms with Gasteiger partial charge in [0.2, 0.25) is 0 Å². The van der Waals surface area contributed by atoms with Crippen LogP contribution < -0.4 is 10.9 Å². The van der Waals surface area contributed by atoms with Crippen molar-refractivity contribution in [2.75, 3.05) is 5.32 Å². The summed E-state index contributed by atoms with van der Waals surface area (Å²) in [5.41, 5.74) is 0.760. The maximum Gasteiger partial charge on any atom is 0.344 e. The number of anilines is 1. The first-order valence-electron chi connectivity index (χ1n) is 7.94. The van der Waals surface area contributed by atoms with E-state index in [1.807, 2.05) is 13.0 Å². The fourth-order valence-electron chi connectivity index (χ4n) is 2.65. The van der Waals surface area contributed by atoms with Gasteiger partial charge in [0.15, 0.2) is 11.6 Å². The molecule has 128 valence electrons. The van der Waals surface area contributed by atoms with Gasteiger partial charge in [-0.15, -0.1) is 0 Å². The molecule has 0 aliphatic heterocycles. The molecule has 0 aliphatic carbocycles. The number of benzene rings is 2. The molecule has 2 heterocycles. The van der Waals surface area contributed by atoms with Crippen molar-refractivity contribution in [2.45, 2.75) is 6.92 Å². The SMILES string of the molecule is Cc1nc(-c2cccc(NC(=O)c3cc4ccccc4c(=O)o3)c2)n[nH]1. The van der Waals surface area contributed by atoms with Crippen molar-refractivity contribution in [3.63, 3.8) is 0 Å². The molecule has 0 bridgehead atoms. The second-order valence-electron chi connectivity index (χ2n) is 5.76. The van der Waals surface area contributed by atoms with Crippen molar-refractivity contribution < 1.29 is 9.21 Å². The molecule has 4 rings (SSSR count). The maximum atomic E-state index is 12.5. The summed E-state index contributed by atoms with van der Waals surface area (Å²) in [7, 11) is 0. The number of aromatic nitrogens is 3. The van der Waals surface area contributed by atoms with Gasteiger partial charge in [0.25, 0.3) is 5.91 Å². The third-order valence-electron chi connectivity index (χ3n) is 3.87. The van der Waals surface area contributed by atoms with E-state index in [1.165, 1.54) is 0 Å². The molecule has 7 nitrogen and oxygen atoms in total. The van der Waals surface area contributed by atoms with Gasteiger partial charge in [0.1, 0.15) is 5.82 Å². The number of aryl methyl sites for hydroxylation is 1. The molecule has 0 aliphatic rings. The summed E-state index contributed by atoms with van der Waals surface area (Å²) in [4.78, 5) is 28.8. The Balaban J connectivity index is 1.63. The van der Waals surface area contributed by atoms with Crippen LogP contribution in [0.2, 0.25) is 0 Å². The van der Waals surface area contributed by atoms with E-state index in [9.17, 15) is 9.59 Å². The fourth-order valence-corrected chi connectivity index (χ4v) is 2.65. The summed E-state index contributed by atoms with van der Waals surface area (Å²) >= 11 is 0. The summed E-state index contributed by atoms with van der Waals surface area (Å²) in [6, 6.07) is 15.6. The van der Waals surface area contributed by atoms with Crippen molar-refractivity contribution in [2.24, 2.45) is 0 Å². The molecule has 0 saturated heterocycles. The van der Waals surface area contributed by atoms with Crippen LogP contribution in [0.5, 0.6) is 0 Å². The second-order valence-corrected chi connectivity index (χ2v) is 5.76. The smallest absolute Gasteiger partial charge is 0.344 e. The molecule has 2 N–H and O–H groups in total. The number of H-pyrrole nitrogens is 1. The summed E-state index contributed by atoms with van der Waals surface area (Å²) < 4.78 is 5.15. The molecule has 0 saturated carbocycles. The van der Waals surface area contributed by atoms with Crippen molar-refractivity contribution in [3.05, 3.63) is 76.6 Å². The lowest BCUT2D eigenvalue weighted by Gasteiger charge is -2.06. The molecule has 7 heteroatoms. The van der Waals surface area contributed by atoms with E-state index in [1.54, 1.807) is 48.5 Å². The Morgan fingerprint density at radius 2 is 1.96 bits per heavy atom. The minimum Gasteiger partial charge on any atom is -0.417 e. The highest BCUT2D eigenvalue weighted by Gasteiger charge is 2.13. The monoisotopic (exact) mass is 346 g/mol. The zero-order valence-corrected chi connectivity index (χ0v) is 13.8. The third-order valence-corrected chi connectivity index (χ3v) is 3.87. The van der Waals surface area contributed by atoms with Crippen molar-refractivity contribution in [3.8, 4) is 11.4 Å². The van der Waals surface area contributed by atoms with Crippen LogP contribution in [0.15, 0.2) is 63.8 Å². The zero-order chi connectivity index (χ0) is 18.1. The lowest BCUT2D eigenvalue weighted by Crippen LogP contribution is -2.15. The van der Waals surface area contributed by atoms with Gasteiger partial charge < -0.3 is 9.73 Å². The Morgan fingerprint density at radius 1 is 1.12 bits per heavy atom. The lowest BCUT2D eigenvalue weighted by molar-refractivity contribution is 0.0993. The van der Waals surface area contributed by atoms with E-state index in [4.69, 9.17) is 4.42 Å². The van der Waals surface area contributed by atoms with E-state index in [0.717, 1.165) is 5.56 Å². The van der Waals surface area contributed by atoms with Crippen molar-refractivity contribution in [1.29, 1.82) is 0 Å². The van der Waals surface area contributed by atoms with Crippen molar-refractivity contribution >= 4 is 22.4 Å². The summed E-state index contributed by atoms with van der Waals surface area (Å²) in [6.07, 6.45) is 0. The number of carbonyl (C=O) groups is 1. The Morgan fingerprint density at radius 3 is 2.77 bits per heavy atom. The summed E-state index contributed by atoms with van der Waals surface area (Å²) in [5, 5.41) is 10.7. The molecule has 26 heavy (non-hydrogen) atoms. The van der Waals surface area contributed by atoms with E-state index in [0.29, 0.717) is 28.1 Å². The number of nitrogens with zero attached hydrogens (tertiary/aromatic N) is 2. The normalized spacial score (nSPS) is 10.8.